The third-order valence-electron chi connectivity index (χ3n) is 4.43. The number of benzene rings is 1. The van der Waals surface area contributed by atoms with Gasteiger partial charge in [-0.25, -0.2) is 9.78 Å². The van der Waals surface area contributed by atoms with Gasteiger partial charge in [-0.3, -0.25) is 18.7 Å². The number of amides is 1. The molecule has 1 aromatic carbocycles. The van der Waals surface area contributed by atoms with Gasteiger partial charge in [0.25, 0.3) is 11.5 Å². The third-order valence-corrected chi connectivity index (χ3v) is 4.68. The van der Waals surface area contributed by atoms with E-state index in [9.17, 15) is 14.4 Å². The van der Waals surface area contributed by atoms with Crippen molar-refractivity contribution in [2.45, 2.75) is 6.54 Å². The van der Waals surface area contributed by atoms with Crippen LogP contribution >= 0.6 is 11.6 Å². The van der Waals surface area contributed by atoms with E-state index in [0.29, 0.717) is 16.6 Å². The Morgan fingerprint density at radius 1 is 1.21 bits per heavy atom. The Morgan fingerprint density at radius 3 is 2.66 bits per heavy atom. The number of fused-ring (bicyclic) bond motifs is 1. The molecule has 0 spiro atoms. The Morgan fingerprint density at radius 2 is 1.93 bits per heavy atom. The number of aryl methyl sites for hydroxylation is 1. The molecule has 148 valence electrons. The van der Waals surface area contributed by atoms with E-state index in [0.717, 1.165) is 10.1 Å². The zero-order chi connectivity index (χ0) is 20.7. The quantitative estimate of drug-likeness (QED) is 0.516. The molecule has 29 heavy (non-hydrogen) atoms. The zero-order valence-electron chi connectivity index (χ0n) is 15.4. The van der Waals surface area contributed by atoms with Crippen LogP contribution in [0.3, 0.4) is 0 Å². The highest BCUT2D eigenvalue weighted by molar-refractivity contribution is 6.30. The molecule has 1 amide bonds. The summed E-state index contributed by atoms with van der Waals surface area (Å²) in [5.74, 6) is 0.276. The number of nitrogens with zero attached hydrogens (tertiary/aromatic N) is 4. The summed E-state index contributed by atoms with van der Waals surface area (Å²) in [5, 5.41) is 7.01. The van der Waals surface area contributed by atoms with Gasteiger partial charge in [0.15, 0.2) is 17.1 Å². The van der Waals surface area contributed by atoms with Crippen LogP contribution in [0.15, 0.2) is 44.4 Å². The summed E-state index contributed by atoms with van der Waals surface area (Å²) >= 11 is 5.86. The van der Waals surface area contributed by atoms with Gasteiger partial charge >= 0.3 is 5.69 Å². The molecule has 2 N–H and O–H groups in total. The number of rotatable bonds is 4. The van der Waals surface area contributed by atoms with Crippen LogP contribution in [0.25, 0.3) is 22.5 Å². The number of carbonyl (C=O) groups is 1. The second-order valence-corrected chi connectivity index (χ2v) is 6.79. The molecule has 10 nitrogen and oxygen atoms in total. The first kappa shape index (κ1) is 18.7. The molecule has 4 rings (SSSR count). The summed E-state index contributed by atoms with van der Waals surface area (Å²) < 4.78 is 7.45. The monoisotopic (exact) mass is 414 g/mol. The van der Waals surface area contributed by atoms with Gasteiger partial charge in [-0.15, -0.1) is 0 Å². The van der Waals surface area contributed by atoms with Gasteiger partial charge in [0.05, 0.1) is 6.54 Å². The second kappa shape index (κ2) is 7.06. The minimum atomic E-state index is -0.489. The number of hydrogen-bond acceptors (Lipinski definition) is 6. The number of aromatic nitrogens is 5. The van der Waals surface area contributed by atoms with Gasteiger partial charge in [0, 0.05) is 30.7 Å². The van der Waals surface area contributed by atoms with Gasteiger partial charge in [-0.05, 0) is 24.3 Å². The predicted molar refractivity (Wildman–Crippen MR) is 105 cm³/mol. The fraction of sp³-hybridized carbons (Fsp3) is 0.167. The molecule has 3 heterocycles. The normalized spacial score (nSPS) is 11.1. The van der Waals surface area contributed by atoms with Crippen molar-refractivity contribution in [3.8, 4) is 11.3 Å². The molecule has 0 aliphatic carbocycles. The fourth-order valence-electron chi connectivity index (χ4n) is 2.84. The molecule has 3 aromatic heterocycles. The lowest BCUT2D eigenvalue weighted by molar-refractivity contribution is 0.0941. The van der Waals surface area contributed by atoms with Crippen molar-refractivity contribution in [1.82, 2.24) is 29.6 Å². The molecule has 0 saturated carbocycles. The first-order valence-corrected chi connectivity index (χ1v) is 8.88. The number of halogens is 1. The van der Waals surface area contributed by atoms with Crippen LogP contribution < -0.4 is 16.6 Å². The average Bonchev–Trinajstić information content (AvgIpc) is 3.37. The lowest BCUT2D eigenvalue weighted by Gasteiger charge is -2.00. The second-order valence-electron chi connectivity index (χ2n) is 6.35. The van der Waals surface area contributed by atoms with Gasteiger partial charge in [0.2, 0.25) is 0 Å². The molecule has 0 unspecified atom stereocenters. The van der Waals surface area contributed by atoms with Gasteiger partial charge in [-0.1, -0.05) is 16.8 Å². The summed E-state index contributed by atoms with van der Waals surface area (Å²) in [6.45, 7) is 0.00793. The molecule has 0 bridgehead atoms. The highest BCUT2D eigenvalue weighted by Gasteiger charge is 2.16. The molecule has 0 aliphatic rings. The molecule has 0 atom stereocenters. The number of hydrogen-bond donors (Lipinski definition) is 2. The number of nitrogens with one attached hydrogen (secondary N) is 2. The maximum absolute atomic E-state index is 12.4. The van der Waals surface area contributed by atoms with Crippen molar-refractivity contribution in [2.24, 2.45) is 14.1 Å². The van der Waals surface area contributed by atoms with E-state index >= 15 is 0 Å². The summed E-state index contributed by atoms with van der Waals surface area (Å²) in [5.41, 5.74) is 0.252. The van der Waals surface area contributed by atoms with Crippen LogP contribution in [0.4, 0.5) is 0 Å². The standard InChI is InChI=1S/C18H15ClN6O4/c1-24-15-14(17(27)25(2)18(24)28)21-13(22-15)8-20-16(26)11-7-12(29-23-11)9-3-5-10(19)6-4-9/h3-7H,8H2,1-2H3,(H,20,26)(H,21,22). The molecule has 0 fully saturated rings. The van der Waals surface area contributed by atoms with Crippen LogP contribution in [0, 0.1) is 0 Å². The largest absolute Gasteiger partial charge is 0.355 e. The van der Waals surface area contributed by atoms with Gasteiger partial charge in [-0.2, -0.15) is 0 Å². The van der Waals surface area contributed by atoms with E-state index in [-0.39, 0.29) is 23.4 Å². The van der Waals surface area contributed by atoms with Crippen molar-refractivity contribution < 1.29 is 9.32 Å². The lowest BCUT2D eigenvalue weighted by atomic mass is 10.1. The summed E-state index contributed by atoms with van der Waals surface area (Å²) in [4.78, 5) is 43.6. The Hall–Kier alpha value is -3.66. The van der Waals surface area contributed by atoms with Crippen molar-refractivity contribution in [3.05, 3.63) is 67.7 Å². The molecular weight excluding hydrogens is 400 g/mol. The highest BCUT2D eigenvalue weighted by Crippen LogP contribution is 2.22. The molecule has 11 heteroatoms. The van der Waals surface area contributed by atoms with Crippen molar-refractivity contribution in [2.75, 3.05) is 0 Å². The van der Waals surface area contributed by atoms with E-state index in [1.54, 1.807) is 24.3 Å². The molecule has 4 aromatic rings. The number of H-pyrrole nitrogens is 1. The molecule has 0 saturated heterocycles. The van der Waals surface area contributed by atoms with Crippen molar-refractivity contribution in [1.29, 1.82) is 0 Å². The predicted octanol–water partition coefficient (Wildman–Crippen LogP) is 1.20. The average molecular weight is 415 g/mol. The maximum atomic E-state index is 12.4. The first-order chi connectivity index (χ1) is 13.8. The Balaban J connectivity index is 1.52. The van der Waals surface area contributed by atoms with E-state index in [2.05, 4.69) is 20.4 Å². The third kappa shape index (κ3) is 3.34. The summed E-state index contributed by atoms with van der Waals surface area (Å²) in [6.07, 6.45) is 0. The van der Waals surface area contributed by atoms with Gasteiger partial charge in [0.1, 0.15) is 11.3 Å². The highest BCUT2D eigenvalue weighted by atomic mass is 35.5. The van der Waals surface area contributed by atoms with Crippen LogP contribution in [-0.2, 0) is 20.6 Å². The minimum absolute atomic E-state index is 0.00793. The summed E-state index contributed by atoms with van der Waals surface area (Å²) in [7, 11) is 2.90. The van der Waals surface area contributed by atoms with Crippen molar-refractivity contribution in [3.63, 3.8) is 0 Å². The van der Waals surface area contributed by atoms with E-state index in [1.165, 1.54) is 24.7 Å². The smallest absolute Gasteiger partial charge is 0.332 e. The van der Waals surface area contributed by atoms with Crippen LogP contribution in [0.5, 0.6) is 0 Å². The zero-order valence-corrected chi connectivity index (χ0v) is 16.1. The maximum Gasteiger partial charge on any atom is 0.332 e. The van der Waals surface area contributed by atoms with Crippen LogP contribution in [0.1, 0.15) is 16.3 Å². The Bertz CT molecular complexity index is 1350. The number of carbonyl (C=O) groups excluding carboxylic acids is 1. The molecule has 0 aliphatic heterocycles. The first-order valence-electron chi connectivity index (χ1n) is 8.50. The molecule has 0 radical (unpaired) electrons. The topological polar surface area (TPSA) is 128 Å². The van der Waals surface area contributed by atoms with E-state index in [4.69, 9.17) is 16.1 Å². The summed E-state index contributed by atoms with van der Waals surface area (Å²) in [6, 6.07) is 8.43. The van der Waals surface area contributed by atoms with E-state index < -0.39 is 17.2 Å². The number of aromatic amines is 1. The van der Waals surface area contributed by atoms with E-state index in [1.807, 2.05) is 0 Å². The SMILES string of the molecule is Cn1c(=O)c2[nH]c(CNC(=O)c3cc(-c4ccc(Cl)cc4)on3)nc2n(C)c1=O. The number of imidazole rings is 1. The lowest BCUT2D eigenvalue weighted by Crippen LogP contribution is -2.36. The Kier molecular flexibility index (Phi) is 4.55. The molecular formula is C18H15ClN6O4. The Labute approximate surface area is 167 Å². The van der Waals surface area contributed by atoms with Crippen LogP contribution in [-0.4, -0.2) is 30.2 Å². The van der Waals surface area contributed by atoms with Gasteiger partial charge < -0.3 is 14.8 Å². The fourth-order valence-corrected chi connectivity index (χ4v) is 2.97. The van der Waals surface area contributed by atoms with Crippen LogP contribution in [0.2, 0.25) is 5.02 Å². The minimum Gasteiger partial charge on any atom is -0.355 e. The van der Waals surface area contributed by atoms with Crippen molar-refractivity contribution >= 4 is 28.7 Å².